The molecule has 0 spiro atoms. The Morgan fingerprint density at radius 3 is 2.83 bits per heavy atom. The fourth-order valence-corrected chi connectivity index (χ4v) is 2.76. The van der Waals surface area contributed by atoms with Crippen LogP contribution in [0.4, 0.5) is 0 Å². The Morgan fingerprint density at radius 2 is 2.25 bits per heavy atom. The normalized spacial score (nSPS) is 39.5. The van der Waals surface area contributed by atoms with Crippen molar-refractivity contribution in [2.24, 2.45) is 0 Å². The predicted octanol–water partition coefficient (Wildman–Crippen LogP) is 1.68. The second kappa shape index (κ2) is 4.75. The van der Waals surface area contributed by atoms with E-state index in [0.717, 1.165) is 13.0 Å². The van der Waals surface area contributed by atoms with Gasteiger partial charge in [-0.1, -0.05) is 45.2 Å². The molecule has 4 heteroatoms. The van der Waals surface area contributed by atoms with Crippen LogP contribution in [0.1, 0.15) is 12.8 Å². The van der Waals surface area contributed by atoms with Crippen molar-refractivity contribution in [3.8, 4) is 0 Å². The molecule has 0 bridgehead atoms. The van der Waals surface area contributed by atoms with Crippen molar-refractivity contribution in [2.75, 3.05) is 26.7 Å². The third kappa shape index (κ3) is 2.68. The topological polar surface area (TPSA) is 23.5 Å². The molecule has 1 fully saturated rings. The van der Waals surface area contributed by atoms with E-state index in [1.54, 1.807) is 0 Å². The monoisotopic (exact) mass is 395 g/mol. The van der Waals surface area contributed by atoms with Gasteiger partial charge in [-0.15, -0.1) is 0 Å². The van der Waals surface area contributed by atoms with E-state index in [1.165, 1.54) is 13.0 Å². The van der Waals surface area contributed by atoms with Crippen LogP contribution < -0.4 is 0 Å². The molecule has 1 aliphatic heterocycles. The van der Waals surface area contributed by atoms with Gasteiger partial charge < -0.3 is 10.0 Å². The minimum absolute atomic E-state index is 0.114. The lowest BCUT2D eigenvalue weighted by Crippen LogP contribution is -2.35. The molecule has 0 radical (unpaired) electrons. The second-order valence-electron chi connectivity index (χ2n) is 3.50. The molecule has 0 amide bonds. The standard InChI is InChI=1S/C8H15I2NO/c1-11-4-2-7(9)8(10,6-12)3-5-11/h7,12H,2-6H2,1H3. The molecule has 1 N–H and O–H groups in total. The van der Waals surface area contributed by atoms with Gasteiger partial charge in [-0.3, -0.25) is 0 Å². The lowest BCUT2D eigenvalue weighted by Gasteiger charge is -2.28. The molecular formula is C8H15I2NO. The fourth-order valence-electron chi connectivity index (χ4n) is 1.42. The highest BCUT2D eigenvalue weighted by Gasteiger charge is 2.35. The molecule has 0 aromatic carbocycles. The van der Waals surface area contributed by atoms with Crippen LogP contribution in [0.15, 0.2) is 0 Å². The minimum Gasteiger partial charge on any atom is -0.395 e. The summed E-state index contributed by atoms with van der Waals surface area (Å²) in [5.74, 6) is 0. The number of aliphatic hydroxyl groups is 1. The Morgan fingerprint density at radius 1 is 1.58 bits per heavy atom. The minimum atomic E-state index is 0.114. The summed E-state index contributed by atoms with van der Waals surface area (Å²) in [6, 6.07) is 0. The van der Waals surface area contributed by atoms with Crippen molar-refractivity contribution in [3.63, 3.8) is 0 Å². The molecule has 1 rings (SSSR count). The Labute approximate surface area is 101 Å². The third-order valence-electron chi connectivity index (χ3n) is 2.50. The van der Waals surface area contributed by atoms with Gasteiger partial charge in [0.25, 0.3) is 0 Å². The van der Waals surface area contributed by atoms with Crippen LogP contribution in [0.5, 0.6) is 0 Å². The second-order valence-corrected chi connectivity index (χ2v) is 7.15. The average Bonchev–Trinajstić information content (AvgIpc) is 2.19. The lowest BCUT2D eigenvalue weighted by atomic mass is 10.0. The summed E-state index contributed by atoms with van der Waals surface area (Å²) in [6.45, 7) is 2.59. The largest absolute Gasteiger partial charge is 0.395 e. The van der Waals surface area contributed by atoms with Crippen molar-refractivity contribution in [1.29, 1.82) is 0 Å². The van der Waals surface area contributed by atoms with Gasteiger partial charge in [0.1, 0.15) is 0 Å². The van der Waals surface area contributed by atoms with Gasteiger partial charge in [0.15, 0.2) is 0 Å². The van der Waals surface area contributed by atoms with Gasteiger partial charge in [-0.2, -0.15) is 0 Å². The summed E-state index contributed by atoms with van der Waals surface area (Å²) in [7, 11) is 2.16. The zero-order chi connectivity index (χ0) is 9.19. The van der Waals surface area contributed by atoms with Crippen molar-refractivity contribution in [1.82, 2.24) is 4.90 Å². The van der Waals surface area contributed by atoms with Gasteiger partial charge in [0.05, 0.1) is 10.0 Å². The van der Waals surface area contributed by atoms with Crippen LogP contribution in [0, 0.1) is 0 Å². The zero-order valence-electron chi connectivity index (χ0n) is 7.26. The first kappa shape index (κ1) is 11.5. The summed E-state index contributed by atoms with van der Waals surface area (Å²) >= 11 is 4.91. The zero-order valence-corrected chi connectivity index (χ0v) is 11.6. The molecule has 1 saturated heterocycles. The number of alkyl halides is 2. The molecule has 2 atom stereocenters. The fraction of sp³-hybridized carbons (Fsp3) is 1.00. The molecule has 0 saturated carbocycles. The van der Waals surface area contributed by atoms with E-state index in [-0.39, 0.29) is 3.42 Å². The van der Waals surface area contributed by atoms with Gasteiger partial charge in [0, 0.05) is 3.92 Å². The molecule has 72 valence electrons. The molecular weight excluding hydrogens is 380 g/mol. The number of nitrogens with zero attached hydrogens (tertiary/aromatic N) is 1. The summed E-state index contributed by atoms with van der Waals surface area (Å²) in [6.07, 6.45) is 2.30. The summed E-state index contributed by atoms with van der Waals surface area (Å²) in [4.78, 5) is 2.35. The first-order valence-electron chi connectivity index (χ1n) is 4.21. The molecule has 0 aliphatic carbocycles. The highest BCUT2D eigenvalue weighted by atomic mass is 127. The number of likely N-dealkylation sites (tertiary alicyclic amines) is 1. The highest BCUT2D eigenvalue weighted by molar-refractivity contribution is 14.1. The van der Waals surface area contributed by atoms with Crippen molar-refractivity contribution in [2.45, 2.75) is 20.2 Å². The third-order valence-corrected chi connectivity index (χ3v) is 7.14. The maximum atomic E-state index is 9.30. The van der Waals surface area contributed by atoms with E-state index in [0.29, 0.717) is 10.5 Å². The maximum Gasteiger partial charge on any atom is 0.0587 e. The first-order valence-corrected chi connectivity index (χ1v) is 6.53. The SMILES string of the molecule is CN1CCC(I)C(I)(CO)CC1. The van der Waals surface area contributed by atoms with E-state index in [4.69, 9.17) is 0 Å². The van der Waals surface area contributed by atoms with Crippen LogP contribution in [0.2, 0.25) is 0 Å². The number of aliphatic hydroxyl groups excluding tert-OH is 1. The Bertz CT molecular complexity index is 156. The van der Waals surface area contributed by atoms with E-state index in [2.05, 4.69) is 57.1 Å². The van der Waals surface area contributed by atoms with Crippen LogP contribution in [0.3, 0.4) is 0 Å². The van der Waals surface area contributed by atoms with Crippen molar-refractivity contribution < 1.29 is 5.11 Å². The number of hydrogen-bond donors (Lipinski definition) is 1. The number of halogens is 2. The Hall–Kier alpha value is 1.38. The maximum absolute atomic E-state index is 9.30. The lowest BCUT2D eigenvalue weighted by molar-refractivity contribution is 0.247. The van der Waals surface area contributed by atoms with Crippen LogP contribution in [0.25, 0.3) is 0 Å². The van der Waals surface area contributed by atoms with Gasteiger partial charge in [-0.05, 0) is 33.0 Å². The molecule has 2 unspecified atom stereocenters. The number of hydrogen-bond acceptors (Lipinski definition) is 2. The Balaban J connectivity index is 2.61. The smallest absolute Gasteiger partial charge is 0.0587 e. The van der Waals surface area contributed by atoms with E-state index < -0.39 is 0 Å². The highest BCUT2D eigenvalue weighted by Crippen LogP contribution is 2.36. The van der Waals surface area contributed by atoms with Crippen molar-refractivity contribution >= 4 is 45.2 Å². The first-order chi connectivity index (χ1) is 5.58. The summed E-state index contributed by atoms with van der Waals surface area (Å²) in [5.41, 5.74) is 0. The molecule has 1 heterocycles. The van der Waals surface area contributed by atoms with Gasteiger partial charge >= 0.3 is 0 Å². The van der Waals surface area contributed by atoms with Crippen molar-refractivity contribution in [3.05, 3.63) is 0 Å². The quantitative estimate of drug-likeness (QED) is 0.540. The van der Waals surface area contributed by atoms with E-state index >= 15 is 0 Å². The van der Waals surface area contributed by atoms with Crippen LogP contribution in [-0.2, 0) is 0 Å². The summed E-state index contributed by atoms with van der Waals surface area (Å²) in [5, 5.41) is 9.30. The number of rotatable bonds is 1. The van der Waals surface area contributed by atoms with E-state index in [1.807, 2.05) is 0 Å². The summed E-state index contributed by atoms with van der Waals surface area (Å²) < 4.78 is 0.717. The molecule has 0 aromatic heterocycles. The van der Waals surface area contributed by atoms with Crippen LogP contribution >= 0.6 is 45.2 Å². The molecule has 0 aromatic rings. The van der Waals surface area contributed by atoms with Crippen LogP contribution in [-0.4, -0.2) is 44.1 Å². The Kier molecular flexibility index (Phi) is 4.53. The molecule has 2 nitrogen and oxygen atoms in total. The van der Waals surface area contributed by atoms with Gasteiger partial charge in [-0.25, -0.2) is 0 Å². The average molecular weight is 395 g/mol. The molecule has 12 heavy (non-hydrogen) atoms. The van der Waals surface area contributed by atoms with Gasteiger partial charge in [0.2, 0.25) is 0 Å². The molecule has 1 aliphatic rings. The van der Waals surface area contributed by atoms with E-state index in [9.17, 15) is 5.11 Å². The predicted molar refractivity (Wildman–Crippen MR) is 68.4 cm³/mol.